The Morgan fingerprint density at radius 2 is 2.04 bits per heavy atom. The summed E-state index contributed by atoms with van der Waals surface area (Å²) in [4.78, 5) is 21.0. The van der Waals surface area contributed by atoms with E-state index in [0.717, 1.165) is 50.7 Å². The largest absolute Gasteiger partial charge is 0.438 e. The van der Waals surface area contributed by atoms with Crippen molar-refractivity contribution in [2.75, 3.05) is 26.2 Å². The van der Waals surface area contributed by atoms with Crippen LogP contribution in [0.3, 0.4) is 0 Å². The number of hydrogen-bond acceptors (Lipinski definition) is 6. The molecule has 0 aromatic carbocycles. The highest BCUT2D eigenvalue weighted by Gasteiger charge is 2.31. The summed E-state index contributed by atoms with van der Waals surface area (Å²) in [6.07, 6.45) is 5.85. The number of aromatic nitrogens is 4. The minimum Gasteiger partial charge on any atom is -0.438 e. The molecule has 2 aromatic heterocycles. The number of nitrogens with zero attached hydrogens (tertiary/aromatic N) is 6. The molecule has 8 heteroatoms. The normalized spacial score (nSPS) is 21.5. The Balaban J connectivity index is 1.47. The molecular weight excluding hydrogens is 332 g/mol. The lowest BCUT2D eigenvalue weighted by Crippen LogP contribution is -2.39. The highest BCUT2D eigenvalue weighted by molar-refractivity contribution is 5.92. The van der Waals surface area contributed by atoms with E-state index in [1.807, 2.05) is 11.9 Å². The van der Waals surface area contributed by atoms with Crippen molar-refractivity contribution < 1.29 is 9.21 Å². The third kappa shape index (κ3) is 3.25. The van der Waals surface area contributed by atoms with Crippen LogP contribution in [0.5, 0.6) is 0 Å². The van der Waals surface area contributed by atoms with Crippen molar-refractivity contribution in [2.45, 2.75) is 45.1 Å². The molecule has 2 saturated heterocycles. The van der Waals surface area contributed by atoms with Crippen molar-refractivity contribution in [1.82, 2.24) is 29.5 Å². The van der Waals surface area contributed by atoms with Gasteiger partial charge in [0.15, 0.2) is 6.39 Å². The number of carbonyl (C=O) groups is 1. The van der Waals surface area contributed by atoms with Crippen LogP contribution in [0.15, 0.2) is 10.8 Å². The third-order valence-corrected chi connectivity index (χ3v) is 5.58. The molecule has 4 heterocycles. The maximum Gasteiger partial charge on any atom is 0.291 e. The van der Waals surface area contributed by atoms with E-state index in [4.69, 9.17) is 4.42 Å². The van der Waals surface area contributed by atoms with Gasteiger partial charge in [-0.2, -0.15) is 0 Å². The Hall–Kier alpha value is -2.22. The van der Waals surface area contributed by atoms with Gasteiger partial charge in [-0.1, -0.05) is 0 Å². The quantitative estimate of drug-likeness (QED) is 0.828. The number of aryl methyl sites for hydroxylation is 1. The molecule has 2 aliphatic rings. The van der Waals surface area contributed by atoms with Gasteiger partial charge in [0, 0.05) is 26.1 Å². The molecule has 140 valence electrons. The van der Waals surface area contributed by atoms with Crippen molar-refractivity contribution >= 4 is 5.91 Å². The number of likely N-dealkylation sites (tertiary alicyclic amines) is 2. The Morgan fingerprint density at radius 3 is 2.77 bits per heavy atom. The predicted octanol–water partition coefficient (Wildman–Crippen LogP) is 1.73. The number of oxazole rings is 1. The van der Waals surface area contributed by atoms with Gasteiger partial charge in [0.05, 0.1) is 12.2 Å². The van der Waals surface area contributed by atoms with E-state index in [-0.39, 0.29) is 11.8 Å². The van der Waals surface area contributed by atoms with E-state index in [1.165, 1.54) is 19.2 Å². The number of carbonyl (C=O) groups excluding carboxylic acids is 1. The van der Waals surface area contributed by atoms with Crippen LogP contribution in [-0.4, -0.2) is 61.6 Å². The van der Waals surface area contributed by atoms with Crippen LogP contribution in [0.4, 0.5) is 0 Å². The summed E-state index contributed by atoms with van der Waals surface area (Å²) >= 11 is 0. The standard InChI is InChI=1S/C18H26N6O2/c1-13-16(26-12-19-13)18(25)24-9-5-6-14(10-24)17-21-20-15(22(17)2)11-23-7-3-4-8-23/h12,14H,3-11H2,1-2H3/t14-/m0/s1. The van der Waals surface area contributed by atoms with Crippen LogP contribution in [0.25, 0.3) is 0 Å². The van der Waals surface area contributed by atoms with Crippen LogP contribution < -0.4 is 0 Å². The first-order valence-electron chi connectivity index (χ1n) is 9.43. The van der Waals surface area contributed by atoms with E-state index in [2.05, 4.69) is 24.6 Å². The second kappa shape index (κ2) is 7.19. The van der Waals surface area contributed by atoms with Crippen LogP contribution in [-0.2, 0) is 13.6 Å². The SMILES string of the molecule is Cc1ncoc1C(=O)N1CCC[C@H](c2nnc(CN3CCCC3)n2C)C1. The summed E-state index contributed by atoms with van der Waals surface area (Å²) in [5.74, 6) is 2.46. The smallest absolute Gasteiger partial charge is 0.291 e. The van der Waals surface area contributed by atoms with E-state index in [0.29, 0.717) is 18.0 Å². The van der Waals surface area contributed by atoms with Crippen LogP contribution >= 0.6 is 0 Å². The molecule has 0 N–H and O–H groups in total. The molecule has 0 radical (unpaired) electrons. The Bertz CT molecular complexity index is 776. The lowest BCUT2D eigenvalue weighted by Gasteiger charge is -2.31. The van der Waals surface area contributed by atoms with Gasteiger partial charge >= 0.3 is 0 Å². The van der Waals surface area contributed by atoms with E-state index in [1.54, 1.807) is 6.92 Å². The zero-order valence-corrected chi connectivity index (χ0v) is 15.5. The molecule has 8 nitrogen and oxygen atoms in total. The summed E-state index contributed by atoms with van der Waals surface area (Å²) in [6, 6.07) is 0. The molecule has 0 saturated carbocycles. The van der Waals surface area contributed by atoms with Gasteiger partial charge in [-0.05, 0) is 45.7 Å². The number of rotatable bonds is 4. The fraction of sp³-hybridized carbons (Fsp3) is 0.667. The molecule has 4 rings (SSSR count). The first-order chi connectivity index (χ1) is 12.6. The van der Waals surface area contributed by atoms with Crippen molar-refractivity contribution in [1.29, 1.82) is 0 Å². The van der Waals surface area contributed by atoms with Gasteiger partial charge in [-0.25, -0.2) is 4.98 Å². The lowest BCUT2D eigenvalue weighted by molar-refractivity contribution is 0.0670. The van der Waals surface area contributed by atoms with Gasteiger partial charge in [0.1, 0.15) is 11.6 Å². The zero-order valence-electron chi connectivity index (χ0n) is 15.5. The Kier molecular flexibility index (Phi) is 4.76. The second-order valence-corrected chi connectivity index (χ2v) is 7.37. The van der Waals surface area contributed by atoms with Crippen molar-refractivity contribution in [3.8, 4) is 0 Å². The third-order valence-electron chi connectivity index (χ3n) is 5.58. The van der Waals surface area contributed by atoms with E-state index >= 15 is 0 Å². The molecule has 2 aromatic rings. The maximum absolute atomic E-state index is 12.7. The fourth-order valence-corrected chi connectivity index (χ4v) is 4.03. The molecule has 1 atom stereocenters. The van der Waals surface area contributed by atoms with Gasteiger partial charge < -0.3 is 13.9 Å². The Labute approximate surface area is 153 Å². The molecule has 1 amide bonds. The van der Waals surface area contributed by atoms with Crippen molar-refractivity contribution in [3.05, 3.63) is 29.5 Å². The molecule has 2 aliphatic heterocycles. The average Bonchev–Trinajstić information content (AvgIpc) is 3.38. The van der Waals surface area contributed by atoms with E-state index < -0.39 is 0 Å². The fourth-order valence-electron chi connectivity index (χ4n) is 4.03. The van der Waals surface area contributed by atoms with Gasteiger partial charge in [0.25, 0.3) is 5.91 Å². The highest BCUT2D eigenvalue weighted by atomic mass is 16.3. The Morgan fingerprint density at radius 1 is 1.23 bits per heavy atom. The van der Waals surface area contributed by atoms with Crippen molar-refractivity contribution in [2.24, 2.45) is 7.05 Å². The van der Waals surface area contributed by atoms with Gasteiger partial charge in [-0.3, -0.25) is 9.69 Å². The van der Waals surface area contributed by atoms with Gasteiger partial charge in [-0.15, -0.1) is 10.2 Å². The predicted molar refractivity (Wildman–Crippen MR) is 94.6 cm³/mol. The molecule has 26 heavy (non-hydrogen) atoms. The molecular formula is C18H26N6O2. The first-order valence-corrected chi connectivity index (χ1v) is 9.43. The molecule has 0 aliphatic carbocycles. The van der Waals surface area contributed by atoms with Gasteiger partial charge in [0.2, 0.25) is 5.76 Å². The molecule has 0 spiro atoms. The number of amides is 1. The molecule has 2 fully saturated rings. The molecule has 0 bridgehead atoms. The van der Waals surface area contributed by atoms with Crippen molar-refractivity contribution in [3.63, 3.8) is 0 Å². The number of hydrogen-bond donors (Lipinski definition) is 0. The summed E-state index contributed by atoms with van der Waals surface area (Å²) in [5, 5.41) is 8.90. The summed E-state index contributed by atoms with van der Waals surface area (Å²) in [7, 11) is 2.04. The highest BCUT2D eigenvalue weighted by Crippen LogP contribution is 2.27. The van der Waals surface area contributed by atoms with E-state index in [9.17, 15) is 4.79 Å². The molecule has 0 unspecified atom stereocenters. The summed E-state index contributed by atoms with van der Waals surface area (Å²) in [6.45, 7) is 6.33. The minimum absolute atomic E-state index is 0.0795. The minimum atomic E-state index is -0.0795. The maximum atomic E-state index is 12.7. The monoisotopic (exact) mass is 358 g/mol. The van der Waals surface area contributed by atoms with Crippen LogP contribution in [0.2, 0.25) is 0 Å². The number of piperidine rings is 1. The van der Waals surface area contributed by atoms with Crippen LogP contribution in [0.1, 0.15) is 59.5 Å². The van der Waals surface area contributed by atoms with Crippen LogP contribution in [0, 0.1) is 6.92 Å². The first kappa shape index (κ1) is 17.2. The summed E-state index contributed by atoms with van der Waals surface area (Å²) in [5.41, 5.74) is 0.642. The average molecular weight is 358 g/mol. The lowest BCUT2D eigenvalue weighted by atomic mass is 9.97. The topological polar surface area (TPSA) is 80.3 Å². The summed E-state index contributed by atoms with van der Waals surface area (Å²) < 4.78 is 7.40. The zero-order chi connectivity index (χ0) is 18.1. The second-order valence-electron chi connectivity index (χ2n) is 7.37.